The van der Waals surface area contributed by atoms with Crippen LogP contribution in [0.1, 0.15) is 49.1 Å². The number of aryl methyl sites for hydroxylation is 3. The number of likely N-dealkylation sites (tertiary alicyclic amines) is 1. The van der Waals surface area contributed by atoms with Crippen LogP contribution in [0.15, 0.2) is 23.4 Å². The molecule has 0 aliphatic carbocycles. The van der Waals surface area contributed by atoms with Gasteiger partial charge in [0.2, 0.25) is 11.8 Å². The van der Waals surface area contributed by atoms with E-state index in [1.165, 1.54) is 24.6 Å². The van der Waals surface area contributed by atoms with Crippen LogP contribution >= 0.6 is 11.8 Å². The van der Waals surface area contributed by atoms with Crippen molar-refractivity contribution in [2.24, 2.45) is 0 Å². The average Bonchev–Trinajstić information content (AvgIpc) is 2.92. The number of aromatic nitrogens is 3. The number of nitrogens with zero attached hydrogens (tertiary/aromatic N) is 4. The molecule has 1 saturated heterocycles. The van der Waals surface area contributed by atoms with Gasteiger partial charge in [-0.1, -0.05) is 36.7 Å². The molecule has 2 amide bonds. The number of carbonyl (C=O) groups excluding carboxylic acids is 2. The normalized spacial score (nSPS) is 14.4. The minimum absolute atomic E-state index is 0.100. The van der Waals surface area contributed by atoms with Gasteiger partial charge in [-0.2, -0.15) is 0 Å². The second kappa shape index (κ2) is 10.6. The van der Waals surface area contributed by atoms with Gasteiger partial charge in [-0.15, -0.1) is 10.2 Å². The number of amides is 2. The van der Waals surface area contributed by atoms with Crippen LogP contribution in [-0.4, -0.2) is 56.9 Å². The van der Waals surface area contributed by atoms with Gasteiger partial charge < -0.3 is 10.2 Å². The van der Waals surface area contributed by atoms with Crippen LogP contribution in [-0.2, 0) is 9.59 Å². The lowest BCUT2D eigenvalue weighted by Crippen LogP contribution is -2.35. The summed E-state index contributed by atoms with van der Waals surface area (Å²) in [4.78, 5) is 26.5. The predicted molar refractivity (Wildman–Crippen MR) is 119 cm³/mol. The standard InChI is InChI=1S/C22H31N5O2S/c1-16-8-9-17(2)19(14-16)27-18(3)24-25-22(27)30-15-20(28)23-11-10-21(29)26-12-6-4-5-7-13-26/h8-9,14H,4-7,10-13,15H2,1-3H3,(H,23,28). The third-order valence-corrected chi connectivity index (χ3v) is 6.28. The number of thioether (sulfide) groups is 1. The van der Waals surface area contributed by atoms with Crippen molar-refractivity contribution in [2.45, 2.75) is 58.0 Å². The first kappa shape index (κ1) is 22.3. The molecular formula is C22H31N5O2S. The molecule has 7 nitrogen and oxygen atoms in total. The summed E-state index contributed by atoms with van der Waals surface area (Å²) in [5, 5.41) is 12.0. The molecule has 1 aromatic carbocycles. The molecule has 1 fully saturated rings. The Morgan fingerprint density at radius 1 is 1.07 bits per heavy atom. The molecule has 0 saturated carbocycles. The summed E-state index contributed by atoms with van der Waals surface area (Å²) < 4.78 is 1.99. The van der Waals surface area contributed by atoms with E-state index in [0.29, 0.717) is 18.1 Å². The summed E-state index contributed by atoms with van der Waals surface area (Å²) in [5.74, 6) is 1.06. The minimum Gasteiger partial charge on any atom is -0.355 e. The first-order valence-electron chi connectivity index (χ1n) is 10.6. The van der Waals surface area contributed by atoms with Gasteiger partial charge in [0.15, 0.2) is 5.16 Å². The molecule has 8 heteroatoms. The molecule has 3 rings (SSSR count). The third-order valence-electron chi connectivity index (χ3n) is 5.35. The van der Waals surface area contributed by atoms with Crippen LogP contribution in [0.2, 0.25) is 0 Å². The fourth-order valence-corrected chi connectivity index (χ4v) is 4.46. The largest absolute Gasteiger partial charge is 0.355 e. The van der Waals surface area contributed by atoms with Gasteiger partial charge >= 0.3 is 0 Å². The molecule has 1 aliphatic rings. The van der Waals surface area contributed by atoms with Crippen LogP contribution in [0.25, 0.3) is 5.69 Å². The van der Waals surface area contributed by atoms with Crippen molar-refractivity contribution in [1.82, 2.24) is 25.0 Å². The van der Waals surface area contributed by atoms with Crippen molar-refractivity contribution < 1.29 is 9.59 Å². The summed E-state index contributed by atoms with van der Waals surface area (Å²) >= 11 is 1.36. The Morgan fingerprint density at radius 2 is 1.80 bits per heavy atom. The number of rotatable bonds is 7. The molecular weight excluding hydrogens is 398 g/mol. The van der Waals surface area contributed by atoms with Crippen LogP contribution in [0.5, 0.6) is 0 Å². The molecule has 1 aromatic heterocycles. The molecule has 0 bridgehead atoms. The molecule has 1 N–H and O–H groups in total. The van der Waals surface area contributed by atoms with Gasteiger partial charge in [-0.25, -0.2) is 0 Å². The zero-order valence-electron chi connectivity index (χ0n) is 18.1. The Balaban J connectivity index is 1.51. The predicted octanol–water partition coefficient (Wildman–Crippen LogP) is 3.19. The van der Waals surface area contributed by atoms with E-state index in [1.54, 1.807) is 0 Å². The van der Waals surface area contributed by atoms with E-state index in [9.17, 15) is 9.59 Å². The molecule has 0 radical (unpaired) electrons. The molecule has 1 aliphatic heterocycles. The lowest BCUT2D eigenvalue weighted by molar-refractivity contribution is -0.131. The lowest BCUT2D eigenvalue weighted by atomic mass is 10.1. The van der Waals surface area contributed by atoms with Crippen LogP contribution < -0.4 is 5.32 Å². The van der Waals surface area contributed by atoms with Crippen LogP contribution in [0.3, 0.4) is 0 Å². The number of carbonyl (C=O) groups is 2. The fourth-order valence-electron chi connectivity index (χ4n) is 3.64. The lowest BCUT2D eigenvalue weighted by Gasteiger charge is -2.20. The maximum atomic E-state index is 12.3. The second-order valence-electron chi connectivity index (χ2n) is 7.84. The number of hydrogen-bond donors (Lipinski definition) is 1. The maximum Gasteiger partial charge on any atom is 0.230 e. The van der Waals surface area contributed by atoms with E-state index in [-0.39, 0.29) is 17.6 Å². The zero-order chi connectivity index (χ0) is 21.5. The van der Waals surface area contributed by atoms with Crippen molar-refractivity contribution in [2.75, 3.05) is 25.4 Å². The van der Waals surface area contributed by atoms with Gasteiger partial charge in [0.1, 0.15) is 5.82 Å². The smallest absolute Gasteiger partial charge is 0.230 e. The highest BCUT2D eigenvalue weighted by molar-refractivity contribution is 7.99. The maximum absolute atomic E-state index is 12.3. The average molecular weight is 430 g/mol. The van der Waals surface area contributed by atoms with E-state index in [4.69, 9.17) is 0 Å². The summed E-state index contributed by atoms with van der Waals surface area (Å²) in [7, 11) is 0. The SMILES string of the molecule is Cc1ccc(C)c(-n2c(C)nnc2SCC(=O)NCCC(=O)N2CCCCCC2)c1. The molecule has 0 spiro atoms. The fraction of sp³-hybridized carbons (Fsp3) is 0.545. The van der Waals surface area contributed by atoms with Gasteiger partial charge in [0, 0.05) is 26.1 Å². The number of nitrogens with one attached hydrogen (secondary N) is 1. The number of hydrogen-bond acceptors (Lipinski definition) is 5. The molecule has 30 heavy (non-hydrogen) atoms. The molecule has 2 heterocycles. The van der Waals surface area contributed by atoms with Crippen LogP contribution in [0, 0.1) is 20.8 Å². The quantitative estimate of drug-likeness (QED) is 0.684. The topological polar surface area (TPSA) is 80.1 Å². The van der Waals surface area contributed by atoms with Crippen molar-refractivity contribution in [3.05, 3.63) is 35.2 Å². The summed E-state index contributed by atoms with van der Waals surface area (Å²) in [6, 6.07) is 6.25. The summed E-state index contributed by atoms with van der Waals surface area (Å²) in [6.45, 7) is 8.07. The summed E-state index contributed by atoms with van der Waals surface area (Å²) in [5.41, 5.74) is 3.32. The highest BCUT2D eigenvalue weighted by atomic mass is 32.2. The highest BCUT2D eigenvalue weighted by Crippen LogP contribution is 2.24. The van der Waals surface area contributed by atoms with Gasteiger partial charge in [-0.05, 0) is 50.8 Å². The van der Waals surface area contributed by atoms with E-state index < -0.39 is 0 Å². The second-order valence-corrected chi connectivity index (χ2v) is 8.78. The Kier molecular flexibility index (Phi) is 7.90. The van der Waals surface area contributed by atoms with Crippen molar-refractivity contribution >= 4 is 23.6 Å². The van der Waals surface area contributed by atoms with Crippen molar-refractivity contribution in [1.29, 1.82) is 0 Å². The van der Waals surface area contributed by atoms with E-state index in [0.717, 1.165) is 48.6 Å². The minimum atomic E-state index is -0.100. The molecule has 0 unspecified atom stereocenters. The first-order chi connectivity index (χ1) is 14.5. The van der Waals surface area contributed by atoms with Gasteiger partial charge in [0.05, 0.1) is 11.4 Å². The first-order valence-corrected chi connectivity index (χ1v) is 11.6. The summed E-state index contributed by atoms with van der Waals surface area (Å²) in [6.07, 6.45) is 4.91. The highest BCUT2D eigenvalue weighted by Gasteiger charge is 2.17. The molecule has 0 atom stereocenters. The Labute approximate surface area is 182 Å². The van der Waals surface area contributed by atoms with Crippen LogP contribution in [0.4, 0.5) is 0 Å². The van der Waals surface area contributed by atoms with Crippen molar-refractivity contribution in [3.8, 4) is 5.69 Å². The molecule has 2 aromatic rings. The third kappa shape index (κ3) is 5.84. The van der Waals surface area contributed by atoms with E-state index in [1.807, 2.05) is 16.4 Å². The Hall–Kier alpha value is -2.35. The van der Waals surface area contributed by atoms with E-state index in [2.05, 4.69) is 47.6 Å². The van der Waals surface area contributed by atoms with E-state index >= 15 is 0 Å². The zero-order valence-corrected chi connectivity index (χ0v) is 18.9. The monoisotopic (exact) mass is 429 g/mol. The van der Waals surface area contributed by atoms with Gasteiger partial charge in [-0.3, -0.25) is 14.2 Å². The van der Waals surface area contributed by atoms with Crippen molar-refractivity contribution in [3.63, 3.8) is 0 Å². The number of benzene rings is 1. The Morgan fingerprint density at radius 3 is 2.53 bits per heavy atom. The molecule has 162 valence electrons. The van der Waals surface area contributed by atoms with Gasteiger partial charge in [0.25, 0.3) is 0 Å². The Bertz CT molecular complexity index is 888.